The SMILES string of the molecule is CC(C)CC(NC(=O)C(Cc1ccccc1)NC(=O)C(CO)NC(=O)C(N)Cc1ccc(O)cc1)C(=O)NC(CCC(=O)O)C(=O)O. The Morgan fingerprint density at radius 3 is 1.74 bits per heavy atom. The highest BCUT2D eigenvalue weighted by molar-refractivity contribution is 5.95. The maximum Gasteiger partial charge on any atom is 0.326 e. The number of rotatable bonds is 19. The third-order valence-corrected chi connectivity index (χ3v) is 7.06. The molecule has 10 N–H and O–H groups in total. The Balaban J connectivity index is 2.21. The number of aliphatic hydroxyl groups excluding tert-OH is 1. The molecular formula is C32H43N5O10. The lowest BCUT2D eigenvalue weighted by Gasteiger charge is -2.27. The van der Waals surface area contributed by atoms with Gasteiger partial charge in [0.1, 0.15) is 29.9 Å². The van der Waals surface area contributed by atoms with E-state index in [4.69, 9.17) is 10.8 Å². The van der Waals surface area contributed by atoms with E-state index in [2.05, 4.69) is 21.3 Å². The molecule has 0 heterocycles. The molecule has 0 bridgehead atoms. The number of carboxylic acids is 2. The maximum atomic E-state index is 13.6. The number of phenols is 1. The van der Waals surface area contributed by atoms with Gasteiger partial charge in [-0.2, -0.15) is 0 Å². The van der Waals surface area contributed by atoms with Gasteiger partial charge in [-0.15, -0.1) is 0 Å². The molecule has 0 saturated carbocycles. The lowest BCUT2D eigenvalue weighted by molar-refractivity contribution is -0.143. The highest BCUT2D eigenvalue weighted by Crippen LogP contribution is 2.12. The Kier molecular flexibility index (Phi) is 15.3. The first kappa shape index (κ1) is 38.2. The van der Waals surface area contributed by atoms with Crippen LogP contribution in [0.15, 0.2) is 54.6 Å². The summed E-state index contributed by atoms with van der Waals surface area (Å²) in [6.45, 7) is 2.72. The van der Waals surface area contributed by atoms with Crippen molar-refractivity contribution in [2.75, 3.05) is 6.61 Å². The van der Waals surface area contributed by atoms with E-state index in [9.17, 15) is 44.1 Å². The molecule has 0 aliphatic heterocycles. The minimum atomic E-state index is -1.51. The zero-order valence-corrected chi connectivity index (χ0v) is 26.2. The predicted molar refractivity (Wildman–Crippen MR) is 169 cm³/mol. The van der Waals surface area contributed by atoms with Gasteiger partial charge in [-0.25, -0.2) is 4.79 Å². The monoisotopic (exact) mass is 657 g/mol. The van der Waals surface area contributed by atoms with E-state index in [0.29, 0.717) is 11.1 Å². The topological polar surface area (TPSA) is 257 Å². The van der Waals surface area contributed by atoms with E-state index in [0.717, 1.165) is 0 Å². The van der Waals surface area contributed by atoms with Gasteiger partial charge >= 0.3 is 11.9 Å². The van der Waals surface area contributed by atoms with E-state index >= 15 is 0 Å². The zero-order chi connectivity index (χ0) is 35.1. The fraction of sp³-hybridized carbons (Fsp3) is 0.438. The van der Waals surface area contributed by atoms with Crippen molar-refractivity contribution in [3.05, 3.63) is 65.7 Å². The maximum absolute atomic E-state index is 13.6. The Morgan fingerprint density at radius 1 is 0.681 bits per heavy atom. The Labute approximate surface area is 271 Å². The van der Waals surface area contributed by atoms with Crippen LogP contribution in [0.25, 0.3) is 0 Å². The summed E-state index contributed by atoms with van der Waals surface area (Å²) in [4.78, 5) is 75.3. The van der Waals surface area contributed by atoms with Gasteiger partial charge < -0.3 is 47.4 Å². The van der Waals surface area contributed by atoms with Gasteiger partial charge in [0.05, 0.1) is 12.6 Å². The van der Waals surface area contributed by atoms with Crippen molar-refractivity contribution in [2.45, 2.75) is 76.2 Å². The van der Waals surface area contributed by atoms with Crippen LogP contribution in [0, 0.1) is 5.92 Å². The normalized spacial score (nSPS) is 14.1. The molecule has 0 aromatic heterocycles. The number of amides is 4. The molecule has 4 amide bonds. The van der Waals surface area contributed by atoms with Crippen molar-refractivity contribution in [2.24, 2.45) is 11.7 Å². The third kappa shape index (κ3) is 13.5. The quantitative estimate of drug-likeness (QED) is 0.0924. The lowest BCUT2D eigenvalue weighted by Crippen LogP contribution is -2.59. The number of carbonyl (C=O) groups is 6. The standard InChI is InChI=1S/C32H43N5O10/c1-18(2)14-24(29(43)34-23(32(46)47)12-13-27(40)41)35-30(44)25(16-19-6-4-3-5-7-19)36-31(45)26(17-38)37-28(42)22(33)15-20-8-10-21(39)11-9-20/h3-11,18,22-26,38-39H,12-17,33H2,1-2H3,(H,34,43)(H,35,44)(H,36,45)(H,37,42)(H,40,41)(H,46,47). The fourth-order valence-electron chi connectivity index (χ4n) is 4.56. The molecule has 2 aromatic rings. The lowest BCUT2D eigenvalue weighted by atomic mass is 10.00. The van der Waals surface area contributed by atoms with Gasteiger partial charge in [0.25, 0.3) is 0 Å². The van der Waals surface area contributed by atoms with Crippen molar-refractivity contribution in [1.82, 2.24) is 21.3 Å². The van der Waals surface area contributed by atoms with Crippen LogP contribution < -0.4 is 27.0 Å². The van der Waals surface area contributed by atoms with Gasteiger partial charge in [0, 0.05) is 12.8 Å². The average molecular weight is 658 g/mol. The van der Waals surface area contributed by atoms with Gasteiger partial charge in [0.2, 0.25) is 23.6 Å². The summed E-state index contributed by atoms with van der Waals surface area (Å²) in [5, 5.41) is 47.5. The first-order valence-corrected chi connectivity index (χ1v) is 15.0. The van der Waals surface area contributed by atoms with Crippen LogP contribution >= 0.6 is 0 Å². The van der Waals surface area contributed by atoms with Crippen molar-refractivity contribution < 1.29 is 49.2 Å². The average Bonchev–Trinajstić information content (AvgIpc) is 3.01. The van der Waals surface area contributed by atoms with Crippen molar-refractivity contribution >= 4 is 35.6 Å². The second-order valence-electron chi connectivity index (χ2n) is 11.5. The number of carboxylic acid groups (broad SMARTS) is 2. The number of carbonyl (C=O) groups excluding carboxylic acids is 4. The minimum Gasteiger partial charge on any atom is -0.508 e. The van der Waals surface area contributed by atoms with Crippen LogP contribution in [-0.4, -0.2) is 92.8 Å². The van der Waals surface area contributed by atoms with E-state index in [1.807, 2.05) is 0 Å². The molecule has 15 nitrogen and oxygen atoms in total. The van der Waals surface area contributed by atoms with E-state index in [-0.39, 0.29) is 37.4 Å². The number of aliphatic carboxylic acids is 2. The molecule has 15 heteroatoms. The molecule has 0 spiro atoms. The summed E-state index contributed by atoms with van der Waals surface area (Å²) in [6.07, 6.45) is -0.768. The second kappa shape index (κ2) is 18.8. The predicted octanol–water partition coefficient (Wildman–Crippen LogP) is -0.568. The summed E-state index contributed by atoms with van der Waals surface area (Å²) in [7, 11) is 0. The Morgan fingerprint density at radius 2 is 1.19 bits per heavy atom. The number of aromatic hydroxyl groups is 1. The second-order valence-corrected chi connectivity index (χ2v) is 11.5. The molecule has 0 saturated heterocycles. The van der Waals surface area contributed by atoms with Crippen LogP contribution in [0.2, 0.25) is 0 Å². The molecule has 47 heavy (non-hydrogen) atoms. The van der Waals surface area contributed by atoms with Crippen LogP contribution in [0.3, 0.4) is 0 Å². The van der Waals surface area contributed by atoms with Crippen LogP contribution in [0.1, 0.15) is 44.2 Å². The largest absolute Gasteiger partial charge is 0.508 e. The number of hydrogen-bond donors (Lipinski definition) is 9. The molecule has 0 radical (unpaired) electrons. The summed E-state index contributed by atoms with van der Waals surface area (Å²) in [5.74, 6) is -6.09. The van der Waals surface area contributed by atoms with Crippen LogP contribution in [-0.2, 0) is 41.6 Å². The molecule has 2 rings (SSSR count). The van der Waals surface area contributed by atoms with Crippen LogP contribution in [0.4, 0.5) is 0 Å². The smallest absolute Gasteiger partial charge is 0.326 e. The van der Waals surface area contributed by atoms with Gasteiger partial charge in [-0.3, -0.25) is 24.0 Å². The number of phenolic OH excluding ortho intramolecular Hbond substituents is 1. The summed E-state index contributed by atoms with van der Waals surface area (Å²) >= 11 is 0. The number of benzene rings is 2. The highest BCUT2D eigenvalue weighted by atomic mass is 16.4. The molecule has 0 aliphatic carbocycles. The molecule has 256 valence electrons. The molecule has 0 aliphatic rings. The first-order chi connectivity index (χ1) is 22.2. The van der Waals surface area contributed by atoms with Crippen molar-refractivity contribution in [3.63, 3.8) is 0 Å². The van der Waals surface area contributed by atoms with Gasteiger partial charge in [-0.05, 0) is 48.4 Å². The van der Waals surface area contributed by atoms with E-state index < -0.39 is 78.8 Å². The molecular weight excluding hydrogens is 614 g/mol. The Hall–Kier alpha value is -5.02. The van der Waals surface area contributed by atoms with Gasteiger partial charge in [-0.1, -0.05) is 56.3 Å². The number of nitrogens with one attached hydrogen (secondary N) is 4. The summed E-state index contributed by atoms with van der Waals surface area (Å²) < 4.78 is 0. The Bertz CT molecular complexity index is 1370. The van der Waals surface area contributed by atoms with Crippen molar-refractivity contribution in [1.29, 1.82) is 0 Å². The van der Waals surface area contributed by atoms with Crippen LogP contribution in [0.5, 0.6) is 5.75 Å². The molecule has 5 unspecified atom stereocenters. The highest BCUT2D eigenvalue weighted by Gasteiger charge is 2.32. The zero-order valence-electron chi connectivity index (χ0n) is 26.2. The summed E-state index contributed by atoms with van der Waals surface area (Å²) in [6, 6.07) is 7.98. The number of nitrogens with two attached hydrogens (primary N) is 1. The van der Waals surface area contributed by atoms with E-state index in [1.165, 1.54) is 12.1 Å². The van der Waals surface area contributed by atoms with Crippen molar-refractivity contribution in [3.8, 4) is 5.75 Å². The van der Waals surface area contributed by atoms with E-state index in [1.54, 1.807) is 56.3 Å². The number of hydrogen-bond acceptors (Lipinski definition) is 9. The molecule has 5 atom stereocenters. The minimum absolute atomic E-state index is 0.0363. The number of aliphatic hydroxyl groups is 1. The first-order valence-electron chi connectivity index (χ1n) is 15.0. The molecule has 2 aromatic carbocycles. The third-order valence-electron chi connectivity index (χ3n) is 7.06. The summed E-state index contributed by atoms with van der Waals surface area (Å²) in [5.41, 5.74) is 7.28. The fourth-order valence-corrected chi connectivity index (χ4v) is 4.56. The molecule has 0 fully saturated rings. The van der Waals surface area contributed by atoms with Gasteiger partial charge in [0.15, 0.2) is 0 Å².